The lowest BCUT2D eigenvalue weighted by atomic mass is 9.90. The van der Waals surface area contributed by atoms with Crippen molar-refractivity contribution in [3.63, 3.8) is 0 Å². The van der Waals surface area contributed by atoms with Crippen LogP contribution in [0, 0.1) is 5.41 Å². The third-order valence-corrected chi connectivity index (χ3v) is 4.48. The summed E-state index contributed by atoms with van der Waals surface area (Å²) in [4.78, 5) is 14.1. The van der Waals surface area contributed by atoms with Gasteiger partial charge in [-0.05, 0) is 36.1 Å². The Bertz CT molecular complexity index is 495. The summed E-state index contributed by atoms with van der Waals surface area (Å²) >= 11 is 11.8. The maximum absolute atomic E-state index is 12.2. The van der Waals surface area contributed by atoms with Crippen LogP contribution < -0.4 is 5.73 Å². The van der Waals surface area contributed by atoms with Crippen molar-refractivity contribution in [2.75, 3.05) is 19.6 Å². The summed E-state index contributed by atoms with van der Waals surface area (Å²) in [6, 6.07) is 5.31. The van der Waals surface area contributed by atoms with E-state index in [1.165, 1.54) is 0 Å². The normalized spacial score (nSPS) is 21.7. The monoisotopic (exact) mass is 336 g/mol. The fourth-order valence-corrected chi connectivity index (χ4v) is 2.66. The first-order valence-corrected chi connectivity index (χ1v) is 7.11. The van der Waals surface area contributed by atoms with E-state index in [0.29, 0.717) is 23.0 Å². The minimum atomic E-state index is 0. The lowest BCUT2D eigenvalue weighted by Gasteiger charge is -2.22. The molecule has 0 saturated carbocycles. The quantitative estimate of drug-likeness (QED) is 0.921. The maximum atomic E-state index is 12.2. The number of carbonyl (C=O) groups is 1. The molecule has 1 saturated heterocycles. The highest BCUT2D eigenvalue weighted by atomic mass is 35.5. The van der Waals surface area contributed by atoms with E-state index < -0.39 is 0 Å². The molecule has 1 aromatic rings. The molecule has 1 aromatic carbocycles. The van der Waals surface area contributed by atoms with Crippen LogP contribution in [0.1, 0.15) is 18.9 Å². The van der Waals surface area contributed by atoms with Crippen molar-refractivity contribution >= 4 is 41.5 Å². The molecule has 0 spiro atoms. The number of carbonyl (C=O) groups excluding carboxylic acids is 1. The third kappa shape index (κ3) is 4.01. The molecule has 0 bridgehead atoms. The second-order valence-electron chi connectivity index (χ2n) is 5.51. The van der Waals surface area contributed by atoms with Crippen LogP contribution in [0.25, 0.3) is 0 Å². The summed E-state index contributed by atoms with van der Waals surface area (Å²) in [5.41, 5.74) is 6.70. The second kappa shape index (κ2) is 6.99. The van der Waals surface area contributed by atoms with E-state index in [4.69, 9.17) is 28.9 Å². The van der Waals surface area contributed by atoms with Crippen LogP contribution in [0.15, 0.2) is 18.2 Å². The first kappa shape index (κ1) is 17.6. The van der Waals surface area contributed by atoms with Gasteiger partial charge in [-0.2, -0.15) is 0 Å². The fraction of sp³-hybridized carbons (Fsp3) is 0.500. The molecule has 6 heteroatoms. The molecule has 1 heterocycles. The Morgan fingerprint density at radius 2 is 2.10 bits per heavy atom. The fourth-order valence-electron chi connectivity index (χ4n) is 2.34. The lowest BCUT2D eigenvalue weighted by Crippen LogP contribution is -2.35. The van der Waals surface area contributed by atoms with Crippen molar-refractivity contribution in [2.24, 2.45) is 11.1 Å². The van der Waals surface area contributed by atoms with E-state index in [1.807, 2.05) is 11.0 Å². The van der Waals surface area contributed by atoms with E-state index in [9.17, 15) is 4.79 Å². The number of hydrogen-bond acceptors (Lipinski definition) is 2. The van der Waals surface area contributed by atoms with E-state index in [-0.39, 0.29) is 23.7 Å². The average Bonchev–Trinajstić information content (AvgIpc) is 2.78. The zero-order valence-corrected chi connectivity index (χ0v) is 13.7. The number of amides is 1. The van der Waals surface area contributed by atoms with E-state index in [0.717, 1.165) is 25.1 Å². The van der Waals surface area contributed by atoms with Gasteiger partial charge in [0.15, 0.2) is 0 Å². The van der Waals surface area contributed by atoms with Gasteiger partial charge in [0.2, 0.25) is 5.91 Å². The van der Waals surface area contributed by atoms with Gasteiger partial charge in [-0.3, -0.25) is 4.79 Å². The molecule has 112 valence electrons. The summed E-state index contributed by atoms with van der Waals surface area (Å²) in [6.07, 6.45) is 1.33. The van der Waals surface area contributed by atoms with Crippen LogP contribution in [0.3, 0.4) is 0 Å². The number of nitrogens with two attached hydrogens (primary N) is 1. The summed E-state index contributed by atoms with van der Waals surface area (Å²) in [5.74, 6) is 0.121. The summed E-state index contributed by atoms with van der Waals surface area (Å²) in [7, 11) is 0. The summed E-state index contributed by atoms with van der Waals surface area (Å²) < 4.78 is 0. The molecule has 3 nitrogen and oxygen atoms in total. The number of nitrogens with zero attached hydrogens (tertiary/aromatic N) is 1. The molecule has 1 aliphatic rings. The molecule has 2 rings (SSSR count). The molecule has 20 heavy (non-hydrogen) atoms. The van der Waals surface area contributed by atoms with Gasteiger partial charge in [0, 0.05) is 13.1 Å². The van der Waals surface area contributed by atoms with Crippen LogP contribution in [-0.2, 0) is 11.2 Å². The van der Waals surface area contributed by atoms with Crippen molar-refractivity contribution in [1.82, 2.24) is 4.90 Å². The number of halogens is 3. The first-order chi connectivity index (χ1) is 8.93. The van der Waals surface area contributed by atoms with Gasteiger partial charge in [0.05, 0.1) is 16.5 Å². The molecule has 1 amide bonds. The van der Waals surface area contributed by atoms with Crippen molar-refractivity contribution < 1.29 is 4.79 Å². The zero-order valence-electron chi connectivity index (χ0n) is 11.4. The molecule has 1 aliphatic heterocycles. The molecular weight excluding hydrogens is 319 g/mol. The SMILES string of the molecule is CC1(CN)CCN(C(=O)Cc2ccc(Cl)c(Cl)c2)C1.Cl. The Morgan fingerprint density at radius 3 is 2.65 bits per heavy atom. The smallest absolute Gasteiger partial charge is 0.227 e. The van der Waals surface area contributed by atoms with Crippen molar-refractivity contribution in [1.29, 1.82) is 0 Å². The maximum Gasteiger partial charge on any atom is 0.227 e. The molecule has 1 atom stereocenters. The highest BCUT2D eigenvalue weighted by Gasteiger charge is 2.34. The van der Waals surface area contributed by atoms with Gasteiger partial charge in [0.1, 0.15) is 0 Å². The van der Waals surface area contributed by atoms with E-state index in [1.54, 1.807) is 12.1 Å². The predicted octanol–water partition coefficient (Wildman–Crippen LogP) is 3.16. The van der Waals surface area contributed by atoms with Gasteiger partial charge < -0.3 is 10.6 Å². The highest BCUT2D eigenvalue weighted by molar-refractivity contribution is 6.42. The van der Waals surface area contributed by atoms with Gasteiger partial charge in [-0.15, -0.1) is 12.4 Å². The number of rotatable bonds is 3. The Labute approximate surface area is 135 Å². The molecule has 0 aliphatic carbocycles. The number of hydrogen-bond donors (Lipinski definition) is 1. The number of benzene rings is 1. The van der Waals surface area contributed by atoms with Gasteiger partial charge in [-0.25, -0.2) is 0 Å². The van der Waals surface area contributed by atoms with Crippen LogP contribution in [0.4, 0.5) is 0 Å². The largest absolute Gasteiger partial charge is 0.342 e. The van der Waals surface area contributed by atoms with Crippen molar-refractivity contribution in [3.8, 4) is 0 Å². The minimum Gasteiger partial charge on any atom is -0.342 e. The van der Waals surface area contributed by atoms with E-state index >= 15 is 0 Å². The molecule has 0 aromatic heterocycles. The lowest BCUT2D eigenvalue weighted by molar-refractivity contribution is -0.129. The number of likely N-dealkylation sites (tertiary alicyclic amines) is 1. The standard InChI is InChI=1S/C14H18Cl2N2O.ClH/c1-14(8-17)4-5-18(9-14)13(19)7-10-2-3-11(15)12(16)6-10;/h2-3,6H,4-5,7-9,17H2,1H3;1H. The summed E-state index contributed by atoms with van der Waals surface area (Å²) in [6.45, 7) is 4.26. The predicted molar refractivity (Wildman–Crippen MR) is 85.8 cm³/mol. The average molecular weight is 338 g/mol. The second-order valence-corrected chi connectivity index (χ2v) is 6.32. The minimum absolute atomic E-state index is 0. The van der Waals surface area contributed by atoms with Gasteiger partial charge in [-0.1, -0.05) is 36.2 Å². The Morgan fingerprint density at radius 1 is 1.40 bits per heavy atom. The van der Waals surface area contributed by atoms with Crippen LogP contribution in [-0.4, -0.2) is 30.4 Å². The van der Waals surface area contributed by atoms with Crippen LogP contribution in [0.5, 0.6) is 0 Å². The molecule has 1 fully saturated rings. The molecule has 0 radical (unpaired) electrons. The molecule has 1 unspecified atom stereocenters. The van der Waals surface area contributed by atoms with Crippen LogP contribution in [0.2, 0.25) is 10.0 Å². The molecule has 2 N–H and O–H groups in total. The van der Waals surface area contributed by atoms with Crippen molar-refractivity contribution in [2.45, 2.75) is 19.8 Å². The van der Waals surface area contributed by atoms with Crippen LogP contribution >= 0.6 is 35.6 Å². The van der Waals surface area contributed by atoms with Gasteiger partial charge in [0.25, 0.3) is 0 Å². The highest BCUT2D eigenvalue weighted by Crippen LogP contribution is 2.29. The Hall–Kier alpha value is -0.480. The van der Waals surface area contributed by atoms with Gasteiger partial charge >= 0.3 is 0 Å². The third-order valence-electron chi connectivity index (χ3n) is 3.74. The summed E-state index contributed by atoms with van der Waals surface area (Å²) in [5, 5.41) is 0.995. The first-order valence-electron chi connectivity index (χ1n) is 6.35. The van der Waals surface area contributed by atoms with Crippen molar-refractivity contribution in [3.05, 3.63) is 33.8 Å². The Balaban J connectivity index is 0.00000200. The Kier molecular flexibility index (Phi) is 6.14. The topological polar surface area (TPSA) is 46.3 Å². The zero-order chi connectivity index (χ0) is 14.0. The van der Waals surface area contributed by atoms with E-state index in [2.05, 4.69) is 6.92 Å². The molecular formula is C14H19Cl3N2O.